The van der Waals surface area contributed by atoms with E-state index in [1.807, 2.05) is 29.0 Å². The summed E-state index contributed by atoms with van der Waals surface area (Å²) in [5.41, 5.74) is 1.04. The molecule has 3 atom stereocenters. The molecule has 4 fully saturated rings. The van der Waals surface area contributed by atoms with Gasteiger partial charge in [0.2, 0.25) is 15.9 Å². The number of hydrogen-bond donors (Lipinski definition) is 0. The molecule has 0 bridgehead atoms. The van der Waals surface area contributed by atoms with Crippen LogP contribution in [0.15, 0.2) is 29.2 Å². The van der Waals surface area contributed by atoms with Crippen molar-refractivity contribution in [3.05, 3.63) is 29.8 Å². The van der Waals surface area contributed by atoms with Crippen molar-refractivity contribution in [2.75, 3.05) is 46.3 Å². The Labute approximate surface area is 277 Å². The molecule has 0 aromatic heterocycles. The third-order valence-electron chi connectivity index (χ3n) is 10.4. The molecule has 46 heavy (non-hydrogen) atoms. The summed E-state index contributed by atoms with van der Waals surface area (Å²) in [5, 5.41) is 2.03. The molecule has 258 valence electrons. The quantitative estimate of drug-likeness (QED) is 0.349. The molecule has 4 heterocycles. The fourth-order valence-electron chi connectivity index (χ4n) is 7.75. The van der Waals surface area contributed by atoms with Crippen molar-refractivity contribution in [3.8, 4) is 0 Å². The molecule has 0 aliphatic carbocycles. The Kier molecular flexibility index (Phi) is 11.5. The molecule has 4 aliphatic heterocycles. The number of benzene rings is 1. The van der Waals surface area contributed by atoms with Gasteiger partial charge in [-0.25, -0.2) is 8.42 Å². The average Bonchev–Trinajstić information content (AvgIpc) is 3.01. The second-order valence-corrected chi connectivity index (χ2v) is 17.0. The first-order valence-corrected chi connectivity index (χ1v) is 19.1. The first-order valence-electron chi connectivity index (χ1n) is 17.7. The predicted molar refractivity (Wildman–Crippen MR) is 179 cm³/mol. The second kappa shape index (κ2) is 15.0. The Morgan fingerprint density at radius 3 is 2.11 bits per heavy atom. The SMILES string of the molecule is Cc1ccc(S(=O)(=O)N2CCC(CCCN3O[C@H](CC(C)C)C(=O)N4C3CN(C3CCN(C)CC3)C(=O)[C@@H]4CC(C)C)CC2)cc1. The molecule has 4 saturated heterocycles. The predicted octanol–water partition coefficient (Wildman–Crippen LogP) is 4.34. The molecular weight excluding hydrogens is 602 g/mol. The maximum absolute atomic E-state index is 14.1. The summed E-state index contributed by atoms with van der Waals surface area (Å²) >= 11 is 0. The summed E-state index contributed by atoms with van der Waals surface area (Å²) in [6, 6.07) is 6.83. The zero-order valence-corrected chi connectivity index (χ0v) is 29.8. The van der Waals surface area contributed by atoms with Gasteiger partial charge in [0.1, 0.15) is 12.2 Å². The van der Waals surface area contributed by atoms with Gasteiger partial charge < -0.3 is 14.7 Å². The standard InChI is InChI=1S/C35H57N5O5S/c1-25(2)22-31-34(41)38(29-15-18-36(6)19-16-29)24-33-39(45-32(23-26(3)4)35(42)40(31)33)17-7-8-28-13-20-37(21-14-28)46(43,44)30-11-9-27(5)10-12-30/h9-12,25-26,28-29,31-33H,7-8,13-24H2,1-6H3/t31-,32+,33?/m0/s1. The van der Waals surface area contributed by atoms with Gasteiger partial charge in [0, 0.05) is 25.7 Å². The number of carbonyl (C=O) groups excluding carboxylic acids is 2. The summed E-state index contributed by atoms with van der Waals surface area (Å²) in [4.78, 5) is 41.3. The lowest BCUT2D eigenvalue weighted by molar-refractivity contribution is -0.290. The smallest absolute Gasteiger partial charge is 0.255 e. The first-order chi connectivity index (χ1) is 21.8. The molecule has 0 saturated carbocycles. The van der Waals surface area contributed by atoms with E-state index in [2.05, 4.69) is 44.5 Å². The minimum absolute atomic E-state index is 0.0425. The molecular formula is C35H57N5O5S. The molecule has 0 spiro atoms. The van der Waals surface area contributed by atoms with E-state index in [-0.39, 0.29) is 35.9 Å². The van der Waals surface area contributed by atoms with Crippen molar-refractivity contribution in [3.63, 3.8) is 0 Å². The lowest BCUT2D eigenvalue weighted by Gasteiger charge is -2.55. The summed E-state index contributed by atoms with van der Waals surface area (Å²) < 4.78 is 28.0. The summed E-state index contributed by atoms with van der Waals surface area (Å²) in [5.74, 6) is 1.06. The molecule has 11 heteroatoms. The highest BCUT2D eigenvalue weighted by Gasteiger charge is 2.52. The Hall–Kier alpha value is -2.05. The summed E-state index contributed by atoms with van der Waals surface area (Å²) in [6.45, 7) is 14.6. The number of hydroxylamine groups is 2. The summed E-state index contributed by atoms with van der Waals surface area (Å²) in [7, 11) is -1.34. The molecule has 10 nitrogen and oxygen atoms in total. The van der Waals surface area contributed by atoms with Gasteiger partial charge >= 0.3 is 0 Å². The Balaban J connectivity index is 1.26. The maximum atomic E-state index is 14.1. The maximum Gasteiger partial charge on any atom is 0.255 e. The van der Waals surface area contributed by atoms with Crippen molar-refractivity contribution < 1.29 is 22.8 Å². The second-order valence-electron chi connectivity index (χ2n) is 15.1. The number of piperazine rings is 1. The monoisotopic (exact) mass is 659 g/mol. The number of aryl methyl sites for hydroxylation is 1. The van der Waals surface area contributed by atoms with Gasteiger partial charge in [-0.05, 0) is 108 Å². The van der Waals surface area contributed by atoms with E-state index >= 15 is 0 Å². The minimum atomic E-state index is -3.48. The number of sulfonamides is 1. The van der Waals surface area contributed by atoms with Crippen LogP contribution in [0.2, 0.25) is 0 Å². The van der Waals surface area contributed by atoms with Crippen LogP contribution in [-0.4, -0.2) is 115 Å². The third-order valence-corrected chi connectivity index (χ3v) is 12.4. The number of piperidine rings is 2. The van der Waals surface area contributed by atoms with Gasteiger partial charge in [0.15, 0.2) is 6.10 Å². The van der Waals surface area contributed by atoms with E-state index in [0.29, 0.717) is 49.8 Å². The van der Waals surface area contributed by atoms with Gasteiger partial charge in [-0.2, -0.15) is 9.37 Å². The third kappa shape index (κ3) is 7.97. The average molecular weight is 660 g/mol. The Bertz CT molecular complexity index is 1290. The number of fused-ring (bicyclic) bond motifs is 1. The van der Waals surface area contributed by atoms with Crippen molar-refractivity contribution in [2.24, 2.45) is 17.8 Å². The van der Waals surface area contributed by atoms with Crippen LogP contribution in [0, 0.1) is 24.7 Å². The van der Waals surface area contributed by atoms with Gasteiger partial charge in [-0.1, -0.05) is 45.4 Å². The lowest BCUT2D eigenvalue weighted by atomic mass is 9.92. The topological polar surface area (TPSA) is 93.7 Å². The number of amides is 2. The number of rotatable bonds is 11. The van der Waals surface area contributed by atoms with E-state index in [0.717, 1.165) is 57.2 Å². The molecule has 0 radical (unpaired) electrons. The van der Waals surface area contributed by atoms with Crippen LogP contribution < -0.4 is 0 Å². The molecule has 4 aliphatic rings. The van der Waals surface area contributed by atoms with Crippen LogP contribution >= 0.6 is 0 Å². The fraction of sp³-hybridized carbons (Fsp3) is 0.771. The molecule has 0 N–H and O–H groups in total. The molecule has 1 aromatic carbocycles. The van der Waals surface area contributed by atoms with Crippen molar-refractivity contribution >= 4 is 21.8 Å². The fourth-order valence-corrected chi connectivity index (χ4v) is 9.22. The highest BCUT2D eigenvalue weighted by Crippen LogP contribution is 2.35. The molecule has 2 amide bonds. The number of nitrogens with zero attached hydrogens (tertiary/aromatic N) is 5. The van der Waals surface area contributed by atoms with Crippen molar-refractivity contribution in [1.29, 1.82) is 0 Å². The van der Waals surface area contributed by atoms with Crippen LogP contribution in [0.3, 0.4) is 0 Å². The summed E-state index contributed by atoms with van der Waals surface area (Å²) in [6.07, 6.45) is 5.83. The Morgan fingerprint density at radius 2 is 1.50 bits per heavy atom. The Morgan fingerprint density at radius 1 is 0.870 bits per heavy atom. The van der Waals surface area contributed by atoms with Crippen LogP contribution in [0.5, 0.6) is 0 Å². The molecule has 1 aromatic rings. The molecule has 5 rings (SSSR count). The van der Waals surface area contributed by atoms with Crippen LogP contribution in [0.4, 0.5) is 0 Å². The number of likely N-dealkylation sites (tertiary alicyclic amines) is 1. The van der Waals surface area contributed by atoms with Gasteiger partial charge in [0.05, 0.1) is 11.4 Å². The largest absolute Gasteiger partial charge is 0.334 e. The van der Waals surface area contributed by atoms with Crippen LogP contribution in [0.1, 0.15) is 84.6 Å². The highest BCUT2D eigenvalue weighted by atomic mass is 32.2. The minimum Gasteiger partial charge on any atom is -0.334 e. The zero-order valence-electron chi connectivity index (χ0n) is 28.9. The van der Waals surface area contributed by atoms with Crippen LogP contribution in [0.25, 0.3) is 0 Å². The van der Waals surface area contributed by atoms with Crippen molar-refractivity contribution in [2.45, 2.75) is 115 Å². The van der Waals surface area contributed by atoms with Crippen LogP contribution in [-0.2, 0) is 24.4 Å². The number of hydrogen-bond acceptors (Lipinski definition) is 7. The highest BCUT2D eigenvalue weighted by molar-refractivity contribution is 7.89. The van der Waals surface area contributed by atoms with E-state index in [1.54, 1.807) is 16.4 Å². The lowest BCUT2D eigenvalue weighted by Crippen LogP contribution is -2.74. The van der Waals surface area contributed by atoms with Gasteiger partial charge in [0.25, 0.3) is 5.91 Å². The van der Waals surface area contributed by atoms with Gasteiger partial charge in [-0.15, -0.1) is 0 Å². The van der Waals surface area contributed by atoms with Crippen molar-refractivity contribution in [1.82, 2.24) is 24.1 Å². The molecule has 1 unspecified atom stereocenters. The normalized spacial score (nSPS) is 26.8. The van der Waals surface area contributed by atoms with E-state index in [9.17, 15) is 18.0 Å². The first kappa shape index (κ1) is 35.3. The zero-order chi connectivity index (χ0) is 33.2. The van der Waals surface area contributed by atoms with Gasteiger partial charge in [-0.3, -0.25) is 14.4 Å². The van der Waals surface area contributed by atoms with E-state index < -0.39 is 22.2 Å². The number of carbonyl (C=O) groups is 2. The van der Waals surface area contributed by atoms with E-state index in [4.69, 9.17) is 4.84 Å². The van der Waals surface area contributed by atoms with E-state index in [1.165, 1.54) is 0 Å².